The largest absolute Gasteiger partial charge is 0.378 e. The first-order valence-electron chi connectivity index (χ1n) is 8.09. The zero-order chi connectivity index (χ0) is 16.7. The Labute approximate surface area is 142 Å². The summed E-state index contributed by atoms with van der Waals surface area (Å²) in [4.78, 5) is 10.6. The maximum Gasteiger partial charge on any atom is 0.292 e. The highest BCUT2D eigenvalue weighted by atomic mass is 32.1. The summed E-state index contributed by atoms with van der Waals surface area (Å²) in [5, 5.41) is 21.2. The molecule has 1 aliphatic rings. The van der Waals surface area contributed by atoms with E-state index < -0.39 is 0 Å². The smallest absolute Gasteiger partial charge is 0.292 e. The molecule has 7 heteroatoms. The van der Waals surface area contributed by atoms with Crippen LogP contribution in [0.5, 0.6) is 0 Å². The lowest BCUT2D eigenvalue weighted by Crippen LogP contribution is -2.46. The molecule has 1 aromatic rings. The van der Waals surface area contributed by atoms with Gasteiger partial charge in [0.15, 0.2) is 5.11 Å². The van der Waals surface area contributed by atoms with Crippen molar-refractivity contribution in [2.24, 2.45) is 5.92 Å². The van der Waals surface area contributed by atoms with E-state index in [4.69, 9.17) is 12.2 Å². The van der Waals surface area contributed by atoms with E-state index in [1.807, 2.05) is 0 Å². The number of hydrogen-bond acceptors (Lipinski definition) is 4. The molecule has 0 spiro atoms. The Morgan fingerprint density at radius 1 is 1.30 bits per heavy atom. The van der Waals surface area contributed by atoms with E-state index >= 15 is 0 Å². The van der Waals surface area contributed by atoms with Crippen LogP contribution in [0.4, 0.5) is 11.4 Å². The second-order valence-corrected chi connectivity index (χ2v) is 6.38. The normalized spacial score (nSPS) is 20.6. The molecule has 1 saturated carbocycles. The fraction of sp³-hybridized carbons (Fsp3) is 0.562. The molecule has 0 radical (unpaired) electrons. The van der Waals surface area contributed by atoms with Gasteiger partial charge in [0.25, 0.3) is 5.69 Å². The summed E-state index contributed by atoms with van der Waals surface area (Å²) in [6.45, 7) is 3.43. The minimum atomic E-state index is -0.383. The quantitative estimate of drug-likeness (QED) is 0.321. The fourth-order valence-corrected chi connectivity index (χ4v) is 3.16. The van der Waals surface area contributed by atoms with Gasteiger partial charge in [-0.25, -0.2) is 0 Å². The summed E-state index contributed by atoms with van der Waals surface area (Å²) in [6, 6.07) is 7.09. The summed E-state index contributed by atoms with van der Waals surface area (Å²) < 4.78 is 0. The van der Waals surface area contributed by atoms with Gasteiger partial charge < -0.3 is 16.0 Å². The minimum Gasteiger partial charge on any atom is -0.378 e. The van der Waals surface area contributed by atoms with E-state index in [1.54, 1.807) is 18.2 Å². The van der Waals surface area contributed by atoms with E-state index in [9.17, 15) is 10.1 Å². The Morgan fingerprint density at radius 2 is 2.04 bits per heavy atom. The third-order valence-corrected chi connectivity index (χ3v) is 4.52. The number of rotatable bonds is 6. The summed E-state index contributed by atoms with van der Waals surface area (Å²) >= 11 is 5.33. The average Bonchev–Trinajstić information content (AvgIpc) is 2.54. The molecule has 1 fully saturated rings. The van der Waals surface area contributed by atoms with Crippen molar-refractivity contribution in [1.82, 2.24) is 10.6 Å². The Kier molecular flexibility index (Phi) is 6.58. The lowest BCUT2D eigenvalue weighted by Gasteiger charge is -2.30. The topological polar surface area (TPSA) is 79.2 Å². The molecule has 3 N–H and O–H groups in total. The summed E-state index contributed by atoms with van der Waals surface area (Å²) in [7, 11) is 0. The minimum absolute atomic E-state index is 0.0873. The van der Waals surface area contributed by atoms with E-state index in [0.717, 1.165) is 6.42 Å². The molecule has 126 valence electrons. The SMILES string of the molecule is C[C@@H]1CCCC[C@@H]1NC(=S)NCCNc1ccccc1[N+](=O)[O-]. The molecule has 23 heavy (non-hydrogen) atoms. The molecule has 6 nitrogen and oxygen atoms in total. The Bertz CT molecular complexity index is 553. The van der Waals surface area contributed by atoms with Crippen molar-refractivity contribution in [2.75, 3.05) is 18.4 Å². The lowest BCUT2D eigenvalue weighted by atomic mass is 9.86. The number of anilines is 1. The van der Waals surface area contributed by atoms with Gasteiger partial charge >= 0.3 is 0 Å². The highest BCUT2D eigenvalue weighted by Gasteiger charge is 2.21. The molecule has 0 heterocycles. The lowest BCUT2D eigenvalue weighted by molar-refractivity contribution is -0.384. The molecular formula is C16H24N4O2S. The monoisotopic (exact) mass is 336 g/mol. The molecule has 0 amide bonds. The van der Waals surface area contributed by atoms with Gasteiger partial charge in [-0.15, -0.1) is 0 Å². The van der Waals surface area contributed by atoms with Crippen molar-refractivity contribution in [3.05, 3.63) is 34.4 Å². The van der Waals surface area contributed by atoms with Gasteiger partial charge in [0, 0.05) is 25.2 Å². The number of para-hydroxylation sites is 2. The van der Waals surface area contributed by atoms with Crippen molar-refractivity contribution in [2.45, 2.75) is 38.6 Å². The van der Waals surface area contributed by atoms with Crippen molar-refractivity contribution in [3.63, 3.8) is 0 Å². The maximum atomic E-state index is 10.9. The molecule has 2 rings (SSSR count). The van der Waals surface area contributed by atoms with Crippen LogP contribution >= 0.6 is 12.2 Å². The van der Waals surface area contributed by atoms with E-state index in [-0.39, 0.29) is 10.6 Å². The highest BCUT2D eigenvalue weighted by molar-refractivity contribution is 7.80. The first-order valence-corrected chi connectivity index (χ1v) is 8.50. The number of hydrogen-bond donors (Lipinski definition) is 3. The molecule has 0 saturated heterocycles. The molecule has 0 aliphatic heterocycles. The zero-order valence-electron chi connectivity index (χ0n) is 13.4. The van der Waals surface area contributed by atoms with Crippen LogP contribution in [0.1, 0.15) is 32.6 Å². The van der Waals surface area contributed by atoms with Gasteiger partial charge in [-0.05, 0) is 37.0 Å². The zero-order valence-corrected chi connectivity index (χ0v) is 14.2. The van der Waals surface area contributed by atoms with E-state index in [0.29, 0.717) is 35.8 Å². The van der Waals surface area contributed by atoms with Crippen LogP contribution < -0.4 is 16.0 Å². The first-order chi connectivity index (χ1) is 11.1. The maximum absolute atomic E-state index is 10.9. The molecule has 0 unspecified atom stereocenters. The number of nitrogens with zero attached hydrogens (tertiary/aromatic N) is 1. The van der Waals surface area contributed by atoms with Gasteiger partial charge in [-0.2, -0.15) is 0 Å². The van der Waals surface area contributed by atoms with E-state index in [1.165, 1.54) is 25.3 Å². The van der Waals surface area contributed by atoms with Crippen LogP contribution in [0, 0.1) is 16.0 Å². The van der Waals surface area contributed by atoms with Gasteiger partial charge in [-0.3, -0.25) is 10.1 Å². The fourth-order valence-electron chi connectivity index (χ4n) is 2.91. The van der Waals surface area contributed by atoms with Crippen LogP contribution in [0.25, 0.3) is 0 Å². The number of thiocarbonyl (C=S) groups is 1. The van der Waals surface area contributed by atoms with Crippen molar-refractivity contribution in [3.8, 4) is 0 Å². The van der Waals surface area contributed by atoms with Crippen LogP contribution in [0.15, 0.2) is 24.3 Å². The van der Waals surface area contributed by atoms with Crippen molar-refractivity contribution >= 4 is 28.7 Å². The molecule has 1 aliphatic carbocycles. The van der Waals surface area contributed by atoms with Gasteiger partial charge in [0.1, 0.15) is 5.69 Å². The Morgan fingerprint density at radius 3 is 2.78 bits per heavy atom. The number of nitrogens with one attached hydrogen (secondary N) is 3. The Hall–Kier alpha value is -1.89. The standard InChI is InChI=1S/C16H24N4O2S/c1-12-6-2-3-7-13(12)19-16(23)18-11-10-17-14-8-4-5-9-15(14)20(21)22/h4-5,8-9,12-13,17H,2-3,6-7,10-11H2,1H3,(H2,18,19,23)/t12-,13+/m1/s1. The summed E-state index contributed by atoms with van der Waals surface area (Å²) in [6.07, 6.45) is 4.97. The summed E-state index contributed by atoms with van der Waals surface area (Å²) in [5.41, 5.74) is 0.614. The van der Waals surface area contributed by atoms with E-state index in [2.05, 4.69) is 22.9 Å². The number of nitro benzene ring substituents is 1. The second-order valence-electron chi connectivity index (χ2n) is 5.97. The van der Waals surface area contributed by atoms with Crippen LogP contribution in [-0.2, 0) is 0 Å². The predicted octanol–water partition coefficient (Wildman–Crippen LogP) is 3.05. The molecule has 0 bridgehead atoms. The molecule has 2 atom stereocenters. The van der Waals surface area contributed by atoms with Gasteiger partial charge in [-0.1, -0.05) is 31.9 Å². The molecular weight excluding hydrogens is 312 g/mol. The Balaban J connectivity index is 1.71. The van der Waals surface area contributed by atoms with Crippen LogP contribution in [-0.4, -0.2) is 29.2 Å². The second kappa shape index (κ2) is 8.67. The van der Waals surface area contributed by atoms with Crippen molar-refractivity contribution < 1.29 is 4.92 Å². The summed E-state index contributed by atoms with van der Waals surface area (Å²) in [5.74, 6) is 0.647. The van der Waals surface area contributed by atoms with Crippen LogP contribution in [0.2, 0.25) is 0 Å². The predicted molar refractivity (Wildman–Crippen MR) is 96.7 cm³/mol. The third-order valence-electron chi connectivity index (χ3n) is 4.25. The van der Waals surface area contributed by atoms with Crippen molar-refractivity contribution in [1.29, 1.82) is 0 Å². The molecule has 0 aromatic heterocycles. The van der Waals surface area contributed by atoms with Crippen LogP contribution in [0.3, 0.4) is 0 Å². The van der Waals surface area contributed by atoms with Gasteiger partial charge in [0.05, 0.1) is 4.92 Å². The number of nitro groups is 1. The third kappa shape index (κ3) is 5.35. The first kappa shape index (κ1) is 17.5. The average molecular weight is 336 g/mol. The molecule has 1 aromatic carbocycles. The highest BCUT2D eigenvalue weighted by Crippen LogP contribution is 2.24. The number of benzene rings is 1. The van der Waals surface area contributed by atoms with Gasteiger partial charge in [0.2, 0.25) is 0 Å².